The van der Waals surface area contributed by atoms with Crippen LogP contribution in [0.25, 0.3) is 0 Å². The Bertz CT molecular complexity index is 269. The van der Waals surface area contributed by atoms with Gasteiger partial charge in [0.15, 0.2) is 0 Å². The van der Waals surface area contributed by atoms with Crippen LogP contribution in [-0.2, 0) is 14.3 Å². The van der Waals surface area contributed by atoms with E-state index in [1.54, 1.807) is 0 Å². The summed E-state index contributed by atoms with van der Waals surface area (Å²) < 4.78 is 10.5. The van der Waals surface area contributed by atoms with Crippen LogP contribution in [0.2, 0.25) is 0 Å². The molecule has 0 radical (unpaired) electrons. The first-order chi connectivity index (χ1) is 7.99. The van der Waals surface area contributed by atoms with E-state index in [2.05, 4.69) is 19.2 Å². The Labute approximate surface area is 104 Å². The van der Waals surface area contributed by atoms with Gasteiger partial charge in [-0.05, 0) is 26.7 Å². The monoisotopic (exact) mass is 243 g/mol. The molecule has 100 valence electrons. The van der Waals surface area contributed by atoms with Gasteiger partial charge in [-0.3, -0.25) is 4.79 Å². The Kier molecular flexibility index (Phi) is 4.95. The minimum Gasteiger partial charge on any atom is -0.468 e. The fourth-order valence-electron chi connectivity index (χ4n) is 2.56. The van der Waals surface area contributed by atoms with Crippen LogP contribution in [0.15, 0.2) is 0 Å². The predicted molar refractivity (Wildman–Crippen MR) is 66.8 cm³/mol. The summed E-state index contributed by atoms with van der Waals surface area (Å²) in [5.74, 6) is -0.205. The highest BCUT2D eigenvalue weighted by molar-refractivity contribution is 5.75. The van der Waals surface area contributed by atoms with Crippen molar-refractivity contribution in [3.8, 4) is 0 Å². The molecule has 1 aliphatic rings. The summed E-state index contributed by atoms with van der Waals surface area (Å²) in [5, 5.41) is 3.34. The van der Waals surface area contributed by atoms with Gasteiger partial charge in [0.1, 0.15) is 6.04 Å². The number of nitrogens with one attached hydrogen (secondary N) is 1. The van der Waals surface area contributed by atoms with E-state index in [0.717, 1.165) is 19.4 Å². The van der Waals surface area contributed by atoms with E-state index in [0.29, 0.717) is 12.1 Å². The first-order valence-corrected chi connectivity index (χ1v) is 6.45. The third-order valence-corrected chi connectivity index (χ3v) is 4.12. The predicted octanol–water partition coefficient (Wildman–Crippen LogP) is 1.73. The minimum atomic E-state index is -0.251. The van der Waals surface area contributed by atoms with E-state index in [9.17, 15) is 4.79 Å². The maximum atomic E-state index is 11.4. The first-order valence-electron chi connectivity index (χ1n) is 6.45. The zero-order chi connectivity index (χ0) is 13.1. The van der Waals surface area contributed by atoms with Crippen molar-refractivity contribution in [2.75, 3.05) is 13.7 Å². The highest BCUT2D eigenvalue weighted by atomic mass is 16.5. The molecule has 17 heavy (non-hydrogen) atoms. The van der Waals surface area contributed by atoms with Gasteiger partial charge in [-0.25, -0.2) is 0 Å². The number of rotatable bonds is 6. The summed E-state index contributed by atoms with van der Waals surface area (Å²) in [7, 11) is 1.42. The van der Waals surface area contributed by atoms with Crippen molar-refractivity contribution in [2.45, 2.75) is 58.7 Å². The van der Waals surface area contributed by atoms with Gasteiger partial charge in [-0.15, -0.1) is 0 Å². The lowest BCUT2D eigenvalue weighted by molar-refractivity contribution is -0.149. The Morgan fingerprint density at radius 2 is 2.18 bits per heavy atom. The van der Waals surface area contributed by atoms with E-state index in [1.165, 1.54) is 7.11 Å². The van der Waals surface area contributed by atoms with Crippen LogP contribution in [0, 0.1) is 5.41 Å². The lowest BCUT2D eigenvalue weighted by atomic mass is 9.61. The number of esters is 1. The summed E-state index contributed by atoms with van der Waals surface area (Å²) in [5.41, 5.74) is 0.123. The van der Waals surface area contributed by atoms with Gasteiger partial charge in [0.2, 0.25) is 0 Å². The van der Waals surface area contributed by atoms with Gasteiger partial charge < -0.3 is 14.8 Å². The van der Waals surface area contributed by atoms with Crippen LogP contribution < -0.4 is 5.32 Å². The van der Waals surface area contributed by atoms with E-state index >= 15 is 0 Å². The molecule has 0 aromatic rings. The summed E-state index contributed by atoms with van der Waals surface area (Å²) in [6.07, 6.45) is 2.32. The van der Waals surface area contributed by atoms with Crippen LogP contribution in [0.5, 0.6) is 0 Å². The smallest absolute Gasteiger partial charge is 0.322 e. The van der Waals surface area contributed by atoms with Gasteiger partial charge >= 0.3 is 5.97 Å². The number of hydrogen-bond donors (Lipinski definition) is 1. The van der Waals surface area contributed by atoms with Crippen molar-refractivity contribution in [3.63, 3.8) is 0 Å². The topological polar surface area (TPSA) is 47.6 Å². The third kappa shape index (κ3) is 2.80. The van der Waals surface area contributed by atoms with Crippen molar-refractivity contribution in [2.24, 2.45) is 5.41 Å². The van der Waals surface area contributed by atoms with Gasteiger partial charge in [-0.1, -0.05) is 13.8 Å². The molecule has 1 rings (SSSR count). The zero-order valence-corrected chi connectivity index (χ0v) is 11.6. The largest absolute Gasteiger partial charge is 0.468 e. The molecule has 4 atom stereocenters. The second kappa shape index (κ2) is 5.83. The van der Waals surface area contributed by atoms with Crippen molar-refractivity contribution in [3.05, 3.63) is 0 Å². The average molecular weight is 243 g/mol. The molecular weight excluding hydrogens is 218 g/mol. The Hall–Kier alpha value is -0.610. The molecule has 0 amide bonds. The van der Waals surface area contributed by atoms with E-state index < -0.39 is 0 Å². The van der Waals surface area contributed by atoms with Crippen LogP contribution in [-0.4, -0.2) is 37.9 Å². The highest BCUT2D eigenvalue weighted by Gasteiger charge is 2.51. The Morgan fingerprint density at radius 1 is 1.53 bits per heavy atom. The molecule has 0 aliphatic heterocycles. The van der Waals surface area contributed by atoms with Crippen LogP contribution in [0.3, 0.4) is 0 Å². The molecule has 4 unspecified atom stereocenters. The molecule has 0 aromatic carbocycles. The zero-order valence-electron chi connectivity index (χ0n) is 11.6. The molecule has 0 saturated heterocycles. The van der Waals surface area contributed by atoms with Crippen molar-refractivity contribution in [1.82, 2.24) is 5.32 Å². The molecule has 1 N–H and O–H groups in total. The normalized spacial score (nSPS) is 33.9. The fourth-order valence-corrected chi connectivity index (χ4v) is 2.56. The SMILES string of the molecule is CCOC1CC(NC(C)C(=O)OC)C1(C)CC. The summed E-state index contributed by atoms with van der Waals surface area (Å²) in [6.45, 7) is 9.00. The van der Waals surface area contributed by atoms with Gasteiger partial charge in [0.25, 0.3) is 0 Å². The van der Waals surface area contributed by atoms with Crippen LogP contribution >= 0.6 is 0 Å². The van der Waals surface area contributed by atoms with E-state index in [1.807, 2.05) is 13.8 Å². The van der Waals surface area contributed by atoms with Gasteiger partial charge in [0, 0.05) is 18.1 Å². The maximum Gasteiger partial charge on any atom is 0.322 e. The molecule has 0 heterocycles. The number of hydrogen-bond acceptors (Lipinski definition) is 4. The molecule has 0 aromatic heterocycles. The molecule has 4 heteroatoms. The van der Waals surface area contributed by atoms with Crippen molar-refractivity contribution in [1.29, 1.82) is 0 Å². The molecule has 0 spiro atoms. The van der Waals surface area contributed by atoms with Gasteiger partial charge in [0.05, 0.1) is 13.2 Å². The number of methoxy groups -OCH3 is 1. The molecule has 1 aliphatic carbocycles. The van der Waals surface area contributed by atoms with Crippen molar-refractivity contribution >= 4 is 5.97 Å². The molecule has 0 bridgehead atoms. The van der Waals surface area contributed by atoms with E-state index in [4.69, 9.17) is 9.47 Å². The van der Waals surface area contributed by atoms with E-state index in [-0.39, 0.29) is 17.4 Å². The standard InChI is InChI=1S/C13H25NO3/c1-6-13(4)10(8-11(13)17-7-2)14-9(3)12(15)16-5/h9-11,14H,6-8H2,1-5H3. The lowest BCUT2D eigenvalue weighted by Crippen LogP contribution is -2.64. The highest BCUT2D eigenvalue weighted by Crippen LogP contribution is 2.46. The number of carbonyl (C=O) groups excluding carboxylic acids is 1. The summed E-state index contributed by atoms with van der Waals surface area (Å²) in [6, 6.07) is 0.0802. The fraction of sp³-hybridized carbons (Fsp3) is 0.923. The summed E-state index contributed by atoms with van der Waals surface area (Å²) >= 11 is 0. The molecule has 1 fully saturated rings. The van der Waals surface area contributed by atoms with Crippen LogP contribution in [0.1, 0.15) is 40.5 Å². The van der Waals surface area contributed by atoms with Crippen molar-refractivity contribution < 1.29 is 14.3 Å². The quantitative estimate of drug-likeness (QED) is 0.722. The molecular formula is C13H25NO3. The molecule has 1 saturated carbocycles. The second-order valence-corrected chi connectivity index (χ2v) is 5.00. The Balaban J connectivity index is 2.54. The minimum absolute atomic E-state index is 0.123. The third-order valence-electron chi connectivity index (χ3n) is 4.12. The second-order valence-electron chi connectivity index (χ2n) is 5.00. The summed E-state index contributed by atoms with van der Waals surface area (Å²) in [4.78, 5) is 11.4. The first kappa shape index (κ1) is 14.5. The lowest BCUT2D eigenvalue weighted by Gasteiger charge is -2.54. The van der Waals surface area contributed by atoms with Gasteiger partial charge in [-0.2, -0.15) is 0 Å². The number of carbonyl (C=O) groups is 1. The Morgan fingerprint density at radius 3 is 2.65 bits per heavy atom. The van der Waals surface area contributed by atoms with Crippen LogP contribution in [0.4, 0.5) is 0 Å². The average Bonchev–Trinajstić information content (AvgIpc) is 2.35. The maximum absolute atomic E-state index is 11.4. The molecule has 4 nitrogen and oxygen atoms in total. The number of ether oxygens (including phenoxy) is 2.